The molecule has 0 unspecified atom stereocenters. The van der Waals surface area contributed by atoms with Gasteiger partial charge in [-0.25, -0.2) is 4.79 Å². The van der Waals surface area contributed by atoms with Gasteiger partial charge in [0, 0.05) is 0 Å². The van der Waals surface area contributed by atoms with Gasteiger partial charge in [-0.1, -0.05) is 12.2 Å². The highest BCUT2D eigenvalue weighted by molar-refractivity contribution is 7.12. The Labute approximate surface area is 129 Å². The number of aliphatic carboxylic acids is 1. The van der Waals surface area contributed by atoms with Crippen LogP contribution in [0.3, 0.4) is 0 Å². The number of hydrogen-bond acceptors (Lipinski definition) is 6. The number of esters is 1. The van der Waals surface area contributed by atoms with Crippen LogP contribution in [-0.4, -0.2) is 42.3 Å². The van der Waals surface area contributed by atoms with Crippen LogP contribution in [0, 0.1) is 11.8 Å². The van der Waals surface area contributed by atoms with Gasteiger partial charge in [0.15, 0.2) is 0 Å². The molecule has 8 heteroatoms. The normalized spacial score (nSPS) is 28.6. The average Bonchev–Trinajstić information content (AvgIpc) is 3.20. The van der Waals surface area contributed by atoms with Gasteiger partial charge >= 0.3 is 11.9 Å². The minimum Gasteiger partial charge on any atom is -0.481 e. The Bertz CT molecular complexity index is 666. The third-order valence-electron chi connectivity index (χ3n) is 3.78. The molecule has 0 aromatic carbocycles. The second-order valence-electron chi connectivity index (χ2n) is 4.98. The van der Waals surface area contributed by atoms with E-state index < -0.39 is 41.9 Å². The summed E-state index contributed by atoms with van der Waals surface area (Å²) in [7, 11) is 1.25. The third-order valence-corrected chi connectivity index (χ3v) is 4.68. The summed E-state index contributed by atoms with van der Waals surface area (Å²) in [4.78, 5) is 35.7. The van der Waals surface area contributed by atoms with E-state index >= 15 is 0 Å². The second kappa shape index (κ2) is 5.54. The molecule has 2 bridgehead atoms. The van der Waals surface area contributed by atoms with Crippen molar-refractivity contribution in [2.45, 2.75) is 12.2 Å². The van der Waals surface area contributed by atoms with Crippen molar-refractivity contribution >= 4 is 34.9 Å². The van der Waals surface area contributed by atoms with E-state index in [1.54, 1.807) is 23.6 Å². The van der Waals surface area contributed by atoms with E-state index in [0.29, 0.717) is 5.69 Å². The summed E-state index contributed by atoms with van der Waals surface area (Å²) in [5.74, 6) is -3.85. The molecule has 2 aliphatic heterocycles. The molecular formula is C14H13NO6S. The lowest BCUT2D eigenvalue weighted by Crippen LogP contribution is -2.39. The standard InChI is InChI=1S/C14H13NO6S/c1-20-14(19)11-6(4-5-22-11)15-12(16)9-7-2-3-8(21-7)10(9)13(17)18/h2-5,7-10H,1H3,(H,15,16)(H,17,18)/t7-,8-,9-,10-/m1/s1. The number of carbonyl (C=O) groups is 3. The van der Waals surface area contributed by atoms with Gasteiger partial charge in [0.05, 0.1) is 30.9 Å². The van der Waals surface area contributed by atoms with E-state index in [-0.39, 0.29) is 4.88 Å². The van der Waals surface area contributed by atoms with E-state index in [0.717, 1.165) is 11.3 Å². The van der Waals surface area contributed by atoms with Crippen LogP contribution in [0.25, 0.3) is 0 Å². The van der Waals surface area contributed by atoms with Gasteiger partial charge in [0.2, 0.25) is 5.91 Å². The highest BCUT2D eigenvalue weighted by Gasteiger charge is 2.53. The summed E-state index contributed by atoms with van der Waals surface area (Å²) in [6.45, 7) is 0. The number of methoxy groups -OCH3 is 1. The van der Waals surface area contributed by atoms with Crippen molar-refractivity contribution in [3.05, 3.63) is 28.5 Å². The molecule has 0 aliphatic carbocycles. The van der Waals surface area contributed by atoms with E-state index in [4.69, 9.17) is 4.74 Å². The Balaban J connectivity index is 1.80. The molecule has 7 nitrogen and oxygen atoms in total. The minimum absolute atomic E-state index is 0.266. The zero-order valence-electron chi connectivity index (χ0n) is 11.5. The summed E-state index contributed by atoms with van der Waals surface area (Å²) in [6.07, 6.45) is 2.23. The van der Waals surface area contributed by atoms with Gasteiger partial charge in [0.25, 0.3) is 0 Å². The zero-order chi connectivity index (χ0) is 15.9. The van der Waals surface area contributed by atoms with E-state index in [2.05, 4.69) is 10.1 Å². The third kappa shape index (κ3) is 2.30. The van der Waals surface area contributed by atoms with Crippen molar-refractivity contribution in [3.63, 3.8) is 0 Å². The summed E-state index contributed by atoms with van der Waals surface area (Å²) in [5.41, 5.74) is 0.317. The molecule has 2 N–H and O–H groups in total. The van der Waals surface area contributed by atoms with E-state index in [1.807, 2.05) is 0 Å². The summed E-state index contributed by atoms with van der Waals surface area (Å²) < 4.78 is 10.1. The largest absolute Gasteiger partial charge is 0.481 e. The maximum absolute atomic E-state index is 12.4. The van der Waals surface area contributed by atoms with Gasteiger partial charge in [-0.3, -0.25) is 9.59 Å². The van der Waals surface area contributed by atoms with Crippen molar-refractivity contribution in [1.29, 1.82) is 0 Å². The van der Waals surface area contributed by atoms with Crippen LogP contribution in [0.5, 0.6) is 0 Å². The molecular weight excluding hydrogens is 310 g/mol. The van der Waals surface area contributed by atoms with Gasteiger partial charge in [-0.05, 0) is 11.4 Å². The van der Waals surface area contributed by atoms with Crippen LogP contribution in [0.1, 0.15) is 9.67 Å². The molecule has 1 amide bonds. The monoisotopic (exact) mass is 323 g/mol. The lowest BCUT2D eigenvalue weighted by molar-refractivity contribution is -0.145. The number of amides is 1. The maximum atomic E-state index is 12.4. The molecule has 0 spiro atoms. The molecule has 3 heterocycles. The molecule has 1 fully saturated rings. The molecule has 22 heavy (non-hydrogen) atoms. The Kier molecular flexibility index (Phi) is 3.71. The molecule has 1 aromatic rings. The number of fused-ring (bicyclic) bond motifs is 2. The molecule has 3 rings (SSSR count). The highest BCUT2D eigenvalue weighted by atomic mass is 32.1. The minimum atomic E-state index is -1.07. The Morgan fingerprint density at radius 1 is 1.27 bits per heavy atom. The lowest BCUT2D eigenvalue weighted by atomic mass is 9.82. The SMILES string of the molecule is COC(=O)c1sccc1NC(=O)[C@H]1[C@H](C(=O)O)[C@H]2C=C[C@H]1O2. The van der Waals surface area contributed by atoms with Crippen LogP contribution in [0.2, 0.25) is 0 Å². The maximum Gasteiger partial charge on any atom is 0.350 e. The van der Waals surface area contributed by atoms with Crippen molar-refractivity contribution in [3.8, 4) is 0 Å². The quantitative estimate of drug-likeness (QED) is 0.636. The first-order valence-corrected chi connectivity index (χ1v) is 7.44. The van der Waals surface area contributed by atoms with Crippen LogP contribution in [-0.2, 0) is 19.1 Å². The number of thiophene rings is 1. The van der Waals surface area contributed by atoms with Crippen LogP contribution < -0.4 is 5.32 Å². The molecule has 0 radical (unpaired) electrons. The zero-order valence-corrected chi connectivity index (χ0v) is 12.3. The van der Waals surface area contributed by atoms with Crippen molar-refractivity contribution in [1.82, 2.24) is 0 Å². The summed E-state index contributed by atoms with van der Waals surface area (Å²) in [6, 6.07) is 1.58. The molecule has 0 saturated carbocycles. The highest BCUT2D eigenvalue weighted by Crippen LogP contribution is 2.40. The van der Waals surface area contributed by atoms with Gasteiger partial charge in [0.1, 0.15) is 10.8 Å². The van der Waals surface area contributed by atoms with Gasteiger partial charge in [-0.2, -0.15) is 0 Å². The summed E-state index contributed by atoms with van der Waals surface area (Å²) >= 11 is 1.14. The first kappa shape index (κ1) is 14.7. The van der Waals surface area contributed by atoms with Gasteiger partial charge in [-0.15, -0.1) is 11.3 Å². The number of hydrogen-bond donors (Lipinski definition) is 2. The Hall–Kier alpha value is -2.19. The molecule has 1 aromatic heterocycles. The van der Waals surface area contributed by atoms with Crippen LogP contribution >= 0.6 is 11.3 Å². The van der Waals surface area contributed by atoms with E-state index in [1.165, 1.54) is 7.11 Å². The summed E-state index contributed by atoms with van der Waals surface area (Å²) in [5, 5.41) is 13.6. The van der Waals surface area contributed by atoms with Gasteiger partial charge < -0.3 is 19.9 Å². The Morgan fingerprint density at radius 2 is 1.95 bits per heavy atom. The number of carbonyl (C=O) groups excluding carboxylic acids is 2. The first-order chi connectivity index (χ1) is 10.5. The number of carboxylic acids is 1. The predicted molar refractivity (Wildman–Crippen MR) is 76.7 cm³/mol. The topological polar surface area (TPSA) is 102 Å². The smallest absolute Gasteiger partial charge is 0.350 e. The average molecular weight is 323 g/mol. The number of anilines is 1. The Morgan fingerprint density at radius 3 is 2.59 bits per heavy atom. The number of nitrogens with one attached hydrogen (secondary N) is 1. The number of rotatable bonds is 4. The fourth-order valence-electron chi connectivity index (χ4n) is 2.79. The fraction of sp³-hybridized carbons (Fsp3) is 0.357. The van der Waals surface area contributed by atoms with Crippen molar-refractivity contribution in [2.24, 2.45) is 11.8 Å². The van der Waals surface area contributed by atoms with Crippen LogP contribution in [0.15, 0.2) is 23.6 Å². The number of ether oxygens (including phenoxy) is 2. The van der Waals surface area contributed by atoms with E-state index in [9.17, 15) is 19.5 Å². The predicted octanol–water partition coefficient (Wildman–Crippen LogP) is 1.13. The first-order valence-electron chi connectivity index (χ1n) is 6.56. The molecule has 1 saturated heterocycles. The fourth-order valence-corrected chi connectivity index (χ4v) is 3.56. The molecule has 4 atom stereocenters. The van der Waals surface area contributed by atoms with Crippen molar-refractivity contribution in [2.75, 3.05) is 12.4 Å². The van der Waals surface area contributed by atoms with Crippen LogP contribution in [0.4, 0.5) is 5.69 Å². The lowest BCUT2D eigenvalue weighted by Gasteiger charge is -2.20. The molecule has 2 aliphatic rings. The molecule has 116 valence electrons. The number of carboxylic acid groups (broad SMARTS) is 1. The second-order valence-corrected chi connectivity index (χ2v) is 5.90. The van der Waals surface area contributed by atoms with Crippen molar-refractivity contribution < 1.29 is 29.0 Å².